The molecule has 0 aromatic heterocycles. The lowest BCUT2D eigenvalue weighted by atomic mass is 9.61. The summed E-state index contributed by atoms with van der Waals surface area (Å²) in [7, 11) is 1.68. The van der Waals surface area contributed by atoms with Crippen LogP contribution in [0.25, 0.3) is 0 Å². The van der Waals surface area contributed by atoms with Gasteiger partial charge in [-0.3, -0.25) is 4.79 Å². The maximum absolute atomic E-state index is 11.0. The zero-order valence-electron chi connectivity index (χ0n) is 16.3. The highest BCUT2D eigenvalue weighted by Gasteiger charge is 2.53. The van der Waals surface area contributed by atoms with Crippen LogP contribution >= 0.6 is 0 Å². The van der Waals surface area contributed by atoms with E-state index in [1.54, 1.807) is 7.11 Å². The van der Waals surface area contributed by atoms with Gasteiger partial charge >= 0.3 is 5.97 Å². The fourth-order valence-electron chi connectivity index (χ4n) is 5.57. The van der Waals surface area contributed by atoms with Crippen molar-refractivity contribution >= 4 is 5.97 Å². The third kappa shape index (κ3) is 4.95. The molecular weight excluding hydrogens is 320 g/mol. The summed E-state index contributed by atoms with van der Waals surface area (Å²) in [6.07, 6.45) is 7.26. The zero-order chi connectivity index (χ0) is 18.4. The lowest BCUT2D eigenvalue weighted by molar-refractivity contribution is -0.143. The van der Waals surface area contributed by atoms with Gasteiger partial charge in [0.25, 0.3) is 0 Å². The number of aliphatic hydroxyl groups is 1. The predicted molar refractivity (Wildman–Crippen MR) is 95.9 cm³/mol. The van der Waals surface area contributed by atoms with Gasteiger partial charge < -0.3 is 19.3 Å². The minimum absolute atomic E-state index is 0.0330. The van der Waals surface area contributed by atoms with Crippen molar-refractivity contribution in [3.63, 3.8) is 0 Å². The van der Waals surface area contributed by atoms with Gasteiger partial charge in [0.15, 0.2) is 0 Å². The van der Waals surface area contributed by atoms with Crippen molar-refractivity contribution in [2.45, 2.75) is 65.4 Å². The number of methoxy groups -OCH3 is 1. The third-order valence-corrected chi connectivity index (χ3v) is 6.71. The lowest BCUT2D eigenvalue weighted by Gasteiger charge is -2.46. The Morgan fingerprint density at radius 3 is 2.72 bits per heavy atom. The highest BCUT2D eigenvalue weighted by molar-refractivity contribution is 5.65. The predicted octanol–water partition coefficient (Wildman–Crippen LogP) is 3.39. The Kier molecular flexibility index (Phi) is 7.71. The van der Waals surface area contributed by atoms with Crippen LogP contribution in [0.5, 0.6) is 0 Å². The molecule has 5 nitrogen and oxygen atoms in total. The van der Waals surface area contributed by atoms with Crippen molar-refractivity contribution in [1.29, 1.82) is 0 Å². The summed E-state index contributed by atoms with van der Waals surface area (Å²) in [6.45, 7) is 6.93. The number of ether oxygens (including phenoxy) is 3. The van der Waals surface area contributed by atoms with Crippen molar-refractivity contribution in [2.24, 2.45) is 29.1 Å². The van der Waals surface area contributed by atoms with Gasteiger partial charge in [0, 0.05) is 26.6 Å². The molecule has 0 bridgehead atoms. The summed E-state index contributed by atoms with van der Waals surface area (Å²) in [5.41, 5.74) is 0.303. The fraction of sp³-hybridized carbons (Fsp3) is 0.950. The van der Waals surface area contributed by atoms with E-state index in [1.165, 1.54) is 32.6 Å². The molecular formula is C20H36O5. The minimum atomic E-state index is -0.274. The van der Waals surface area contributed by atoms with Crippen LogP contribution < -0.4 is 0 Å². The molecule has 0 aromatic carbocycles. The van der Waals surface area contributed by atoms with E-state index in [9.17, 15) is 9.90 Å². The molecule has 25 heavy (non-hydrogen) atoms. The van der Waals surface area contributed by atoms with E-state index in [1.807, 2.05) is 0 Å². The van der Waals surface area contributed by atoms with Crippen LogP contribution in [-0.2, 0) is 19.0 Å². The van der Waals surface area contributed by atoms with Gasteiger partial charge in [-0.25, -0.2) is 0 Å². The largest absolute Gasteiger partial charge is 0.465 e. The number of hydrogen-bond donors (Lipinski definition) is 1. The van der Waals surface area contributed by atoms with Gasteiger partial charge in [-0.1, -0.05) is 20.3 Å². The molecule has 146 valence electrons. The van der Waals surface area contributed by atoms with Crippen molar-refractivity contribution in [1.82, 2.24) is 0 Å². The van der Waals surface area contributed by atoms with Crippen molar-refractivity contribution < 1.29 is 24.1 Å². The van der Waals surface area contributed by atoms with E-state index in [4.69, 9.17) is 14.2 Å². The molecule has 2 aliphatic rings. The van der Waals surface area contributed by atoms with Crippen LogP contribution in [0.1, 0.15) is 59.3 Å². The molecule has 6 atom stereocenters. The van der Waals surface area contributed by atoms with E-state index >= 15 is 0 Å². The number of carbonyl (C=O) groups excluding carboxylic acids is 1. The Morgan fingerprint density at radius 2 is 2.08 bits per heavy atom. The topological polar surface area (TPSA) is 65.0 Å². The highest BCUT2D eigenvalue weighted by Crippen LogP contribution is 2.58. The Hall–Kier alpha value is -0.650. The maximum Gasteiger partial charge on any atom is 0.302 e. The zero-order valence-corrected chi connectivity index (χ0v) is 16.3. The number of fused-ring (bicyclic) bond motifs is 1. The summed E-state index contributed by atoms with van der Waals surface area (Å²) < 4.78 is 16.2. The summed E-state index contributed by atoms with van der Waals surface area (Å²) in [5.74, 6) is 1.50. The van der Waals surface area contributed by atoms with Gasteiger partial charge in [-0.2, -0.15) is 0 Å². The highest BCUT2D eigenvalue weighted by atomic mass is 16.7. The van der Waals surface area contributed by atoms with Crippen molar-refractivity contribution in [3.8, 4) is 0 Å². The van der Waals surface area contributed by atoms with Crippen LogP contribution in [0.4, 0.5) is 0 Å². The summed E-state index contributed by atoms with van der Waals surface area (Å²) >= 11 is 0. The molecule has 0 saturated heterocycles. The van der Waals surface area contributed by atoms with Crippen molar-refractivity contribution in [2.75, 3.05) is 27.1 Å². The first-order valence-electron chi connectivity index (χ1n) is 9.77. The second kappa shape index (κ2) is 9.33. The Labute approximate surface area is 152 Å². The first-order valence-corrected chi connectivity index (χ1v) is 9.77. The van der Waals surface area contributed by atoms with Crippen LogP contribution in [0.3, 0.4) is 0 Å². The summed E-state index contributed by atoms with van der Waals surface area (Å²) in [6, 6.07) is 0. The number of rotatable bonds is 9. The molecule has 2 aliphatic carbocycles. The molecule has 0 spiro atoms. The van der Waals surface area contributed by atoms with Crippen LogP contribution in [0.2, 0.25) is 0 Å². The lowest BCUT2D eigenvalue weighted by Crippen LogP contribution is -2.43. The van der Waals surface area contributed by atoms with E-state index < -0.39 is 0 Å². The molecule has 6 unspecified atom stereocenters. The molecule has 1 N–H and O–H groups in total. The van der Waals surface area contributed by atoms with Gasteiger partial charge in [0.05, 0.1) is 12.7 Å². The standard InChI is InChI=1S/C20H36O5/c1-14(10-16(11-21)12-24-15(2)22)17-7-8-18-19(25-13-23-4)6-5-9-20(17,18)3/h14,16-19,21H,5-13H2,1-4H3. The van der Waals surface area contributed by atoms with Crippen molar-refractivity contribution in [3.05, 3.63) is 0 Å². The Morgan fingerprint density at radius 1 is 1.32 bits per heavy atom. The van der Waals surface area contributed by atoms with E-state index in [-0.39, 0.29) is 18.5 Å². The Balaban J connectivity index is 1.98. The quantitative estimate of drug-likeness (QED) is 0.507. The molecule has 0 heterocycles. The molecule has 0 radical (unpaired) electrons. The molecule has 2 saturated carbocycles. The molecule has 2 rings (SSSR count). The molecule has 5 heteroatoms. The van der Waals surface area contributed by atoms with Gasteiger partial charge in [0.1, 0.15) is 6.79 Å². The first kappa shape index (κ1) is 20.7. The van der Waals surface area contributed by atoms with E-state index in [0.29, 0.717) is 42.7 Å². The number of carbonyl (C=O) groups is 1. The maximum atomic E-state index is 11.0. The average Bonchev–Trinajstić information content (AvgIpc) is 2.94. The third-order valence-electron chi connectivity index (χ3n) is 6.71. The number of esters is 1. The monoisotopic (exact) mass is 356 g/mol. The molecule has 0 aliphatic heterocycles. The summed E-state index contributed by atoms with van der Waals surface area (Å²) in [4.78, 5) is 11.0. The smallest absolute Gasteiger partial charge is 0.302 e. The first-order chi connectivity index (χ1) is 11.9. The molecule has 0 amide bonds. The van der Waals surface area contributed by atoms with Gasteiger partial charge in [-0.15, -0.1) is 0 Å². The van der Waals surface area contributed by atoms with Gasteiger partial charge in [0.2, 0.25) is 0 Å². The molecule has 0 aromatic rings. The SMILES string of the molecule is COCOC1CCCC2(C)C(C(C)CC(CO)COC(C)=O)CCC12. The van der Waals surface area contributed by atoms with Gasteiger partial charge in [-0.05, 0) is 55.3 Å². The van der Waals surface area contributed by atoms with E-state index in [0.717, 1.165) is 12.8 Å². The van der Waals surface area contributed by atoms with Crippen LogP contribution in [0, 0.1) is 29.1 Å². The second-order valence-corrected chi connectivity index (χ2v) is 8.36. The average molecular weight is 357 g/mol. The number of hydrogen-bond acceptors (Lipinski definition) is 5. The van der Waals surface area contributed by atoms with E-state index in [2.05, 4.69) is 13.8 Å². The Bertz CT molecular complexity index is 426. The fourth-order valence-corrected chi connectivity index (χ4v) is 5.57. The number of aliphatic hydroxyl groups excluding tert-OH is 1. The summed E-state index contributed by atoms with van der Waals surface area (Å²) in [5, 5.41) is 9.64. The normalized spacial score (nSPS) is 34.4. The van der Waals surface area contributed by atoms with Crippen LogP contribution in [-0.4, -0.2) is 44.3 Å². The molecule has 2 fully saturated rings. The minimum Gasteiger partial charge on any atom is -0.465 e. The second-order valence-electron chi connectivity index (χ2n) is 8.36. The van der Waals surface area contributed by atoms with Crippen LogP contribution in [0.15, 0.2) is 0 Å².